The van der Waals surface area contributed by atoms with E-state index < -0.39 is 0 Å². The van der Waals surface area contributed by atoms with Crippen LogP contribution in [0.2, 0.25) is 0 Å². The molecule has 0 bridgehead atoms. The summed E-state index contributed by atoms with van der Waals surface area (Å²) in [6.45, 7) is 1.32. The number of halogens is 1. The Kier molecular flexibility index (Phi) is 4.07. The number of carbonyl (C=O) groups excluding carboxylic acids is 2. The van der Waals surface area contributed by atoms with Gasteiger partial charge in [-0.3, -0.25) is 15.0 Å². The Bertz CT molecular complexity index is 567. The molecule has 0 atom stereocenters. The average Bonchev–Trinajstić information content (AvgIpc) is 2.78. The van der Waals surface area contributed by atoms with E-state index in [1.165, 1.54) is 6.92 Å². The summed E-state index contributed by atoms with van der Waals surface area (Å²) in [5.74, 6) is -0.130. The van der Waals surface area contributed by atoms with E-state index in [0.29, 0.717) is 15.0 Å². The van der Waals surface area contributed by atoms with Gasteiger partial charge in [0.15, 0.2) is 8.09 Å². The van der Waals surface area contributed by atoms with E-state index in [0.717, 1.165) is 20.5 Å². The fourth-order valence-corrected chi connectivity index (χ4v) is 2.85. The first kappa shape index (κ1) is 13.6. The number of thioether (sulfide) groups is 1. The van der Waals surface area contributed by atoms with E-state index in [4.69, 9.17) is 16.6 Å². The summed E-state index contributed by atoms with van der Waals surface area (Å²) in [5.41, 5.74) is 2.37. The summed E-state index contributed by atoms with van der Waals surface area (Å²) in [6.07, 6.45) is 1.60. The van der Waals surface area contributed by atoms with Crippen molar-refractivity contribution in [2.24, 2.45) is 0 Å². The SMILES string of the molecule is CC(=O)NN1C(=O)C(=Cc2ccc(I)o2)SC1=S. The first-order valence-electron chi connectivity index (χ1n) is 4.78. The van der Waals surface area contributed by atoms with Crippen LogP contribution in [0.1, 0.15) is 12.7 Å². The minimum absolute atomic E-state index is 0.294. The summed E-state index contributed by atoms with van der Waals surface area (Å²) >= 11 is 8.17. The molecule has 5 nitrogen and oxygen atoms in total. The number of hydrazine groups is 1. The van der Waals surface area contributed by atoms with Crippen molar-refractivity contribution in [2.75, 3.05) is 0 Å². The zero-order valence-electron chi connectivity index (χ0n) is 9.10. The molecule has 1 saturated heterocycles. The first-order chi connectivity index (χ1) is 8.47. The van der Waals surface area contributed by atoms with Crippen molar-refractivity contribution in [1.82, 2.24) is 10.4 Å². The van der Waals surface area contributed by atoms with Crippen molar-refractivity contribution in [3.05, 3.63) is 26.6 Å². The predicted octanol–water partition coefficient (Wildman–Crippen LogP) is 2.14. The van der Waals surface area contributed by atoms with Crippen molar-refractivity contribution in [2.45, 2.75) is 6.92 Å². The second-order valence-electron chi connectivity index (χ2n) is 3.33. The van der Waals surface area contributed by atoms with Crippen molar-refractivity contribution in [3.8, 4) is 0 Å². The molecule has 1 N–H and O–H groups in total. The molecule has 1 aromatic heterocycles. The molecule has 1 aliphatic heterocycles. The van der Waals surface area contributed by atoms with Crippen LogP contribution in [0.5, 0.6) is 0 Å². The van der Waals surface area contributed by atoms with Crippen LogP contribution in [-0.4, -0.2) is 21.1 Å². The molecule has 0 aliphatic carbocycles. The Morgan fingerprint density at radius 1 is 1.61 bits per heavy atom. The van der Waals surface area contributed by atoms with Crippen LogP contribution in [0.4, 0.5) is 0 Å². The van der Waals surface area contributed by atoms with Crippen LogP contribution >= 0.6 is 46.6 Å². The second kappa shape index (κ2) is 5.41. The third-order valence-electron chi connectivity index (χ3n) is 1.93. The highest BCUT2D eigenvalue weighted by molar-refractivity contribution is 14.1. The van der Waals surface area contributed by atoms with Crippen molar-refractivity contribution in [1.29, 1.82) is 0 Å². The van der Waals surface area contributed by atoms with E-state index in [1.807, 2.05) is 22.6 Å². The van der Waals surface area contributed by atoms with Gasteiger partial charge < -0.3 is 4.42 Å². The predicted molar refractivity (Wildman–Crippen MR) is 80.3 cm³/mol. The number of nitrogens with zero attached hydrogens (tertiary/aromatic N) is 1. The molecular formula is C10H7IN2O3S2. The number of furan rings is 1. The lowest BCUT2D eigenvalue weighted by atomic mass is 10.4. The fraction of sp³-hybridized carbons (Fsp3) is 0.100. The third kappa shape index (κ3) is 2.93. The molecule has 0 unspecified atom stereocenters. The maximum absolute atomic E-state index is 12.0. The minimum atomic E-state index is -0.355. The second-order valence-corrected chi connectivity index (χ2v) is 6.07. The Labute approximate surface area is 126 Å². The van der Waals surface area contributed by atoms with Gasteiger partial charge >= 0.3 is 0 Å². The van der Waals surface area contributed by atoms with Gasteiger partial charge in [-0.05, 0) is 46.9 Å². The zero-order valence-corrected chi connectivity index (χ0v) is 12.9. The third-order valence-corrected chi connectivity index (χ3v) is 3.81. The molecule has 1 aliphatic rings. The lowest BCUT2D eigenvalue weighted by Crippen LogP contribution is -2.43. The summed E-state index contributed by atoms with van der Waals surface area (Å²) < 4.78 is 6.37. The van der Waals surface area contributed by atoms with Crippen molar-refractivity contribution < 1.29 is 14.0 Å². The number of thiocarbonyl (C=S) groups is 1. The summed E-state index contributed by atoms with van der Waals surface area (Å²) in [7, 11) is 0. The number of amides is 2. The van der Waals surface area contributed by atoms with Gasteiger partial charge in [-0.25, -0.2) is 0 Å². The van der Waals surface area contributed by atoms with E-state index >= 15 is 0 Å². The minimum Gasteiger partial charge on any atom is -0.451 e. The van der Waals surface area contributed by atoms with Crippen LogP contribution in [0, 0.1) is 3.77 Å². The highest BCUT2D eigenvalue weighted by Gasteiger charge is 2.33. The lowest BCUT2D eigenvalue weighted by molar-refractivity contribution is -0.131. The van der Waals surface area contributed by atoms with Gasteiger partial charge in [0.25, 0.3) is 5.91 Å². The van der Waals surface area contributed by atoms with Gasteiger partial charge in [-0.1, -0.05) is 11.8 Å². The Morgan fingerprint density at radius 2 is 2.33 bits per heavy atom. The van der Waals surface area contributed by atoms with Crippen LogP contribution in [0.15, 0.2) is 21.5 Å². The van der Waals surface area contributed by atoms with E-state index in [9.17, 15) is 9.59 Å². The standard InChI is InChI=1S/C10H7IN2O3S2/c1-5(14)12-13-9(15)7(18-10(13)17)4-6-2-3-8(11)16-6/h2-4H,1H3,(H,12,14). The molecule has 94 valence electrons. The molecule has 0 spiro atoms. The molecular weight excluding hydrogens is 387 g/mol. The normalized spacial score (nSPS) is 17.7. The maximum atomic E-state index is 12.0. The maximum Gasteiger partial charge on any atom is 0.285 e. The van der Waals surface area contributed by atoms with Crippen LogP contribution in [-0.2, 0) is 9.59 Å². The highest BCUT2D eigenvalue weighted by atomic mass is 127. The molecule has 8 heteroatoms. The summed E-state index contributed by atoms with van der Waals surface area (Å²) in [5, 5.41) is 1.06. The van der Waals surface area contributed by atoms with E-state index in [1.54, 1.807) is 18.2 Å². The number of rotatable bonds is 2. The molecule has 2 heterocycles. The quantitative estimate of drug-likeness (QED) is 0.473. The summed E-state index contributed by atoms with van der Waals surface area (Å²) in [4.78, 5) is 23.3. The molecule has 1 fully saturated rings. The molecule has 0 saturated carbocycles. The number of hydrogen-bond donors (Lipinski definition) is 1. The monoisotopic (exact) mass is 394 g/mol. The van der Waals surface area contributed by atoms with Crippen LogP contribution < -0.4 is 5.43 Å². The Balaban J connectivity index is 2.22. The van der Waals surface area contributed by atoms with Gasteiger partial charge in [0, 0.05) is 13.0 Å². The first-order valence-corrected chi connectivity index (χ1v) is 7.08. The molecule has 1 aromatic rings. The van der Waals surface area contributed by atoms with Crippen LogP contribution in [0.25, 0.3) is 6.08 Å². The zero-order chi connectivity index (χ0) is 13.3. The Morgan fingerprint density at radius 3 is 2.89 bits per heavy atom. The molecule has 2 rings (SSSR count). The largest absolute Gasteiger partial charge is 0.451 e. The van der Waals surface area contributed by atoms with Gasteiger partial charge in [0.1, 0.15) is 5.76 Å². The number of hydrogen-bond acceptors (Lipinski definition) is 5. The molecule has 0 aromatic carbocycles. The highest BCUT2D eigenvalue weighted by Crippen LogP contribution is 2.31. The van der Waals surface area contributed by atoms with Gasteiger partial charge in [-0.2, -0.15) is 5.01 Å². The van der Waals surface area contributed by atoms with E-state index in [-0.39, 0.29) is 11.8 Å². The van der Waals surface area contributed by atoms with Crippen molar-refractivity contribution in [3.63, 3.8) is 0 Å². The number of nitrogens with one attached hydrogen (secondary N) is 1. The topological polar surface area (TPSA) is 62.6 Å². The van der Waals surface area contributed by atoms with Gasteiger partial charge in [-0.15, -0.1) is 0 Å². The molecule has 2 amide bonds. The van der Waals surface area contributed by atoms with E-state index in [2.05, 4.69) is 5.43 Å². The smallest absolute Gasteiger partial charge is 0.285 e. The lowest BCUT2D eigenvalue weighted by Gasteiger charge is -2.13. The number of carbonyl (C=O) groups is 2. The fourth-order valence-electron chi connectivity index (χ4n) is 1.26. The molecule has 0 radical (unpaired) electrons. The Hall–Kier alpha value is -0.870. The molecule has 18 heavy (non-hydrogen) atoms. The van der Waals surface area contributed by atoms with Crippen LogP contribution in [0.3, 0.4) is 0 Å². The van der Waals surface area contributed by atoms with Gasteiger partial charge in [0.05, 0.1) is 4.91 Å². The summed E-state index contributed by atoms with van der Waals surface area (Å²) in [6, 6.07) is 3.55. The van der Waals surface area contributed by atoms with Crippen molar-refractivity contribution >= 4 is 68.8 Å². The average molecular weight is 394 g/mol. The van der Waals surface area contributed by atoms with Gasteiger partial charge in [0.2, 0.25) is 5.91 Å².